The van der Waals surface area contributed by atoms with Gasteiger partial charge in [-0.15, -0.1) is 10.2 Å². The Morgan fingerprint density at radius 1 is 1.16 bits per heavy atom. The van der Waals surface area contributed by atoms with Gasteiger partial charge in [0.15, 0.2) is 0 Å². The lowest BCUT2D eigenvalue weighted by Crippen LogP contribution is -2.45. The molecule has 31 heavy (non-hydrogen) atoms. The van der Waals surface area contributed by atoms with Crippen LogP contribution < -0.4 is 10.6 Å². The van der Waals surface area contributed by atoms with Gasteiger partial charge in [0.25, 0.3) is 11.8 Å². The van der Waals surface area contributed by atoms with Crippen molar-refractivity contribution in [3.05, 3.63) is 39.8 Å². The Bertz CT molecular complexity index is 925. The Labute approximate surface area is 186 Å². The quantitative estimate of drug-likeness (QED) is 0.684. The fraction of sp³-hybridized carbons (Fsp3) is 0.500. The standard InChI is InChI=1S/C22H29N5O3S/c1-14(2)10-11-23-18(28)16-5-4-12-27(13-16)22(30)21-26-25-20(31-21)19(29)24-17-8-6-15(3)7-9-17/h6-9,14,16H,4-5,10-13H2,1-3H3,(H,23,28)(H,24,29)/t16-/m1/s1. The molecule has 0 spiro atoms. The number of anilines is 1. The molecule has 2 N–H and O–H groups in total. The highest BCUT2D eigenvalue weighted by atomic mass is 32.1. The maximum absolute atomic E-state index is 12.9. The molecule has 0 saturated carbocycles. The Hall–Kier alpha value is -2.81. The average molecular weight is 444 g/mol. The molecule has 0 radical (unpaired) electrons. The number of hydrogen-bond donors (Lipinski definition) is 2. The lowest BCUT2D eigenvalue weighted by Gasteiger charge is -2.31. The summed E-state index contributed by atoms with van der Waals surface area (Å²) in [7, 11) is 0. The molecule has 1 aromatic heterocycles. The van der Waals surface area contributed by atoms with Crippen LogP contribution in [0.15, 0.2) is 24.3 Å². The average Bonchev–Trinajstić information content (AvgIpc) is 3.25. The summed E-state index contributed by atoms with van der Waals surface area (Å²) >= 11 is 0.966. The van der Waals surface area contributed by atoms with E-state index in [4.69, 9.17) is 0 Å². The summed E-state index contributed by atoms with van der Waals surface area (Å²) in [6, 6.07) is 7.41. The molecule has 1 saturated heterocycles. The molecule has 3 rings (SSSR count). The number of benzene rings is 1. The molecule has 1 aromatic carbocycles. The number of amides is 3. The number of rotatable bonds is 7. The van der Waals surface area contributed by atoms with Gasteiger partial charge in [0.1, 0.15) is 0 Å². The minimum atomic E-state index is -0.401. The fourth-order valence-electron chi connectivity index (χ4n) is 3.36. The van der Waals surface area contributed by atoms with Gasteiger partial charge in [-0.3, -0.25) is 14.4 Å². The van der Waals surface area contributed by atoms with E-state index in [-0.39, 0.29) is 27.7 Å². The lowest BCUT2D eigenvalue weighted by molar-refractivity contribution is -0.126. The Morgan fingerprint density at radius 2 is 1.87 bits per heavy atom. The molecule has 1 aliphatic rings. The summed E-state index contributed by atoms with van der Waals surface area (Å²) in [6.45, 7) is 7.77. The fourth-order valence-corrected chi connectivity index (χ4v) is 4.07. The van der Waals surface area contributed by atoms with Gasteiger partial charge in [0.2, 0.25) is 15.9 Å². The van der Waals surface area contributed by atoms with Crippen LogP contribution in [0.3, 0.4) is 0 Å². The van der Waals surface area contributed by atoms with Gasteiger partial charge in [-0.25, -0.2) is 0 Å². The zero-order chi connectivity index (χ0) is 22.4. The molecule has 1 atom stereocenters. The van der Waals surface area contributed by atoms with E-state index in [1.165, 1.54) is 0 Å². The van der Waals surface area contributed by atoms with Crippen molar-refractivity contribution in [1.29, 1.82) is 0 Å². The summed E-state index contributed by atoms with van der Waals surface area (Å²) in [5.74, 6) is -0.386. The first-order valence-electron chi connectivity index (χ1n) is 10.6. The molecule has 8 nitrogen and oxygen atoms in total. The Balaban J connectivity index is 1.57. The van der Waals surface area contributed by atoms with Crippen molar-refractivity contribution < 1.29 is 14.4 Å². The van der Waals surface area contributed by atoms with E-state index in [1.54, 1.807) is 17.0 Å². The van der Waals surface area contributed by atoms with Crippen LogP contribution in [0.4, 0.5) is 5.69 Å². The second kappa shape index (κ2) is 10.5. The zero-order valence-electron chi connectivity index (χ0n) is 18.2. The van der Waals surface area contributed by atoms with Crippen LogP contribution in [-0.2, 0) is 4.79 Å². The van der Waals surface area contributed by atoms with Crippen LogP contribution in [0.2, 0.25) is 0 Å². The van der Waals surface area contributed by atoms with Crippen LogP contribution in [0.25, 0.3) is 0 Å². The van der Waals surface area contributed by atoms with E-state index in [0.29, 0.717) is 31.2 Å². The number of nitrogens with zero attached hydrogens (tertiary/aromatic N) is 3. The topological polar surface area (TPSA) is 104 Å². The number of carbonyl (C=O) groups is 3. The van der Waals surface area contributed by atoms with Crippen LogP contribution in [-0.4, -0.2) is 52.5 Å². The predicted octanol–water partition coefficient (Wildman–Crippen LogP) is 3.11. The highest BCUT2D eigenvalue weighted by Gasteiger charge is 2.30. The van der Waals surface area contributed by atoms with Crippen LogP contribution >= 0.6 is 11.3 Å². The lowest BCUT2D eigenvalue weighted by atomic mass is 9.97. The first-order chi connectivity index (χ1) is 14.8. The molecule has 0 bridgehead atoms. The molecule has 9 heteroatoms. The molecular weight excluding hydrogens is 414 g/mol. The number of aromatic nitrogens is 2. The Kier molecular flexibility index (Phi) is 7.73. The van der Waals surface area contributed by atoms with Crippen LogP contribution in [0.5, 0.6) is 0 Å². The van der Waals surface area contributed by atoms with Crippen molar-refractivity contribution >= 4 is 34.7 Å². The molecule has 3 amide bonds. The second-order valence-electron chi connectivity index (χ2n) is 8.30. The predicted molar refractivity (Wildman–Crippen MR) is 120 cm³/mol. The second-order valence-corrected chi connectivity index (χ2v) is 9.27. The van der Waals surface area contributed by atoms with E-state index in [1.807, 2.05) is 19.1 Å². The number of aryl methyl sites for hydroxylation is 1. The van der Waals surface area contributed by atoms with Gasteiger partial charge in [0.05, 0.1) is 5.92 Å². The normalized spacial score (nSPS) is 16.3. The molecule has 0 unspecified atom stereocenters. The molecule has 1 fully saturated rings. The van der Waals surface area contributed by atoms with Crippen LogP contribution in [0.1, 0.15) is 58.3 Å². The third-order valence-corrected chi connectivity index (χ3v) is 6.12. The first-order valence-corrected chi connectivity index (χ1v) is 11.4. The number of nitrogens with one attached hydrogen (secondary N) is 2. The van der Waals surface area contributed by atoms with Crippen molar-refractivity contribution in [1.82, 2.24) is 20.4 Å². The smallest absolute Gasteiger partial charge is 0.286 e. The third kappa shape index (κ3) is 6.33. The van der Waals surface area contributed by atoms with Gasteiger partial charge in [-0.2, -0.15) is 0 Å². The van der Waals surface area contributed by atoms with E-state index >= 15 is 0 Å². The highest BCUT2D eigenvalue weighted by molar-refractivity contribution is 7.15. The zero-order valence-corrected chi connectivity index (χ0v) is 19.0. The molecular formula is C22H29N5O3S. The monoisotopic (exact) mass is 443 g/mol. The largest absolute Gasteiger partial charge is 0.356 e. The number of hydrogen-bond acceptors (Lipinski definition) is 6. The van der Waals surface area contributed by atoms with E-state index in [0.717, 1.165) is 36.2 Å². The molecule has 2 aromatic rings. The van der Waals surface area contributed by atoms with Gasteiger partial charge < -0.3 is 15.5 Å². The highest BCUT2D eigenvalue weighted by Crippen LogP contribution is 2.21. The summed E-state index contributed by atoms with van der Waals surface area (Å²) < 4.78 is 0. The van der Waals surface area contributed by atoms with E-state index < -0.39 is 5.91 Å². The number of piperidine rings is 1. The van der Waals surface area contributed by atoms with Crippen molar-refractivity contribution in [2.75, 3.05) is 25.0 Å². The van der Waals surface area contributed by atoms with Gasteiger partial charge in [0, 0.05) is 25.3 Å². The number of likely N-dealkylation sites (tertiary alicyclic amines) is 1. The summed E-state index contributed by atoms with van der Waals surface area (Å²) in [6.07, 6.45) is 2.45. The van der Waals surface area contributed by atoms with Gasteiger partial charge in [-0.1, -0.05) is 42.9 Å². The van der Waals surface area contributed by atoms with Crippen molar-refractivity contribution in [2.45, 2.75) is 40.0 Å². The maximum atomic E-state index is 12.9. The van der Waals surface area contributed by atoms with Crippen molar-refractivity contribution in [3.8, 4) is 0 Å². The maximum Gasteiger partial charge on any atom is 0.286 e. The first kappa shape index (κ1) is 22.9. The molecule has 166 valence electrons. The molecule has 0 aliphatic carbocycles. The molecule has 2 heterocycles. The minimum Gasteiger partial charge on any atom is -0.356 e. The summed E-state index contributed by atoms with van der Waals surface area (Å²) in [5.41, 5.74) is 1.75. The Morgan fingerprint density at radius 3 is 2.58 bits per heavy atom. The minimum absolute atomic E-state index is 0.00595. The summed E-state index contributed by atoms with van der Waals surface area (Å²) in [5, 5.41) is 13.8. The SMILES string of the molecule is Cc1ccc(NC(=O)c2nnc(C(=O)N3CCC[C@@H](C(=O)NCCC(C)C)C3)s2)cc1. The summed E-state index contributed by atoms with van der Waals surface area (Å²) in [4.78, 5) is 39.4. The van der Waals surface area contributed by atoms with Crippen molar-refractivity contribution in [3.63, 3.8) is 0 Å². The van der Waals surface area contributed by atoms with Gasteiger partial charge in [-0.05, 0) is 44.2 Å². The molecule has 1 aliphatic heterocycles. The number of carbonyl (C=O) groups excluding carboxylic acids is 3. The van der Waals surface area contributed by atoms with E-state index in [2.05, 4.69) is 34.7 Å². The van der Waals surface area contributed by atoms with E-state index in [9.17, 15) is 14.4 Å². The third-order valence-electron chi connectivity index (χ3n) is 5.21. The van der Waals surface area contributed by atoms with Gasteiger partial charge >= 0.3 is 0 Å². The van der Waals surface area contributed by atoms with Crippen molar-refractivity contribution in [2.24, 2.45) is 11.8 Å². The van der Waals surface area contributed by atoms with Crippen LogP contribution in [0, 0.1) is 18.8 Å².